The molecule has 8 heteroatoms. The molecule has 154 valence electrons. The standard InChI is InChI=1S/C21H26BrN5O2/c1-3-27-16(10-11-23-27)20(28)26-19(18(13-4-5-13)14-6-7-14)21(29)25-17-9-8-15(22)12(2)24-17/h8-11,13-14,18-19H,3-7H2,1-2H3,(H,26,28)(H,24,25,29). The first-order valence-corrected chi connectivity index (χ1v) is 11.0. The van der Waals surface area contributed by atoms with Gasteiger partial charge in [0, 0.05) is 17.2 Å². The Morgan fingerprint density at radius 2 is 1.90 bits per heavy atom. The molecule has 0 radical (unpaired) electrons. The number of nitrogens with zero attached hydrogens (tertiary/aromatic N) is 3. The number of hydrogen-bond donors (Lipinski definition) is 2. The number of halogens is 1. The molecular weight excluding hydrogens is 434 g/mol. The molecule has 2 aliphatic carbocycles. The predicted molar refractivity (Wildman–Crippen MR) is 113 cm³/mol. The largest absolute Gasteiger partial charge is 0.339 e. The van der Waals surface area contributed by atoms with Crippen LogP contribution in [-0.4, -0.2) is 32.6 Å². The van der Waals surface area contributed by atoms with Crippen LogP contribution in [-0.2, 0) is 11.3 Å². The van der Waals surface area contributed by atoms with E-state index in [-0.39, 0.29) is 17.7 Å². The summed E-state index contributed by atoms with van der Waals surface area (Å²) in [5, 5.41) is 10.1. The summed E-state index contributed by atoms with van der Waals surface area (Å²) in [6, 6.07) is 4.75. The number of hydrogen-bond acceptors (Lipinski definition) is 4. The summed E-state index contributed by atoms with van der Waals surface area (Å²) in [5.74, 6) is 1.24. The average Bonchev–Trinajstić information content (AvgIpc) is 3.64. The van der Waals surface area contributed by atoms with Gasteiger partial charge in [-0.2, -0.15) is 5.10 Å². The summed E-state index contributed by atoms with van der Waals surface area (Å²) in [7, 11) is 0. The number of amides is 2. The monoisotopic (exact) mass is 459 g/mol. The normalized spacial score (nSPS) is 17.2. The Morgan fingerprint density at radius 1 is 1.21 bits per heavy atom. The van der Waals surface area contributed by atoms with Crippen molar-refractivity contribution >= 4 is 33.6 Å². The maximum absolute atomic E-state index is 13.3. The summed E-state index contributed by atoms with van der Waals surface area (Å²) in [6.07, 6.45) is 6.13. The fraction of sp³-hybridized carbons (Fsp3) is 0.524. The highest BCUT2D eigenvalue weighted by molar-refractivity contribution is 9.10. The van der Waals surface area contributed by atoms with Crippen molar-refractivity contribution in [1.82, 2.24) is 20.1 Å². The van der Waals surface area contributed by atoms with Gasteiger partial charge in [-0.25, -0.2) is 4.98 Å². The van der Waals surface area contributed by atoms with E-state index in [0.29, 0.717) is 29.9 Å². The third-order valence-electron chi connectivity index (χ3n) is 5.81. The number of rotatable bonds is 8. The molecule has 0 aromatic carbocycles. The van der Waals surface area contributed by atoms with Crippen LogP contribution in [0.15, 0.2) is 28.9 Å². The third kappa shape index (κ3) is 4.52. The van der Waals surface area contributed by atoms with Crippen molar-refractivity contribution in [2.45, 2.75) is 52.1 Å². The molecule has 2 heterocycles. The lowest BCUT2D eigenvalue weighted by Gasteiger charge is -2.27. The molecule has 1 atom stereocenters. The first-order valence-electron chi connectivity index (χ1n) is 10.2. The molecule has 0 spiro atoms. The Labute approximate surface area is 178 Å². The van der Waals surface area contributed by atoms with Gasteiger partial charge in [-0.1, -0.05) is 0 Å². The molecule has 2 N–H and O–H groups in total. The molecule has 0 bridgehead atoms. The second kappa shape index (κ2) is 8.26. The zero-order chi connectivity index (χ0) is 20.5. The second-order valence-corrected chi connectivity index (χ2v) is 8.84. The highest BCUT2D eigenvalue weighted by Crippen LogP contribution is 2.50. The first-order chi connectivity index (χ1) is 14.0. The van der Waals surface area contributed by atoms with Gasteiger partial charge < -0.3 is 10.6 Å². The van der Waals surface area contributed by atoms with Crippen molar-refractivity contribution < 1.29 is 9.59 Å². The van der Waals surface area contributed by atoms with Gasteiger partial charge in [-0.05, 0) is 91.4 Å². The molecule has 2 saturated carbocycles. The lowest BCUT2D eigenvalue weighted by molar-refractivity contribution is -0.119. The van der Waals surface area contributed by atoms with E-state index in [2.05, 4.69) is 36.6 Å². The topological polar surface area (TPSA) is 88.9 Å². The van der Waals surface area contributed by atoms with Crippen LogP contribution in [0, 0.1) is 24.7 Å². The first kappa shape index (κ1) is 20.1. The molecule has 2 aromatic heterocycles. The smallest absolute Gasteiger partial charge is 0.270 e. The van der Waals surface area contributed by atoms with Crippen LogP contribution in [0.2, 0.25) is 0 Å². The fourth-order valence-electron chi connectivity index (χ4n) is 4.04. The third-order valence-corrected chi connectivity index (χ3v) is 6.65. The van der Waals surface area contributed by atoms with Crippen LogP contribution in [0.25, 0.3) is 0 Å². The van der Waals surface area contributed by atoms with Gasteiger partial charge in [0.25, 0.3) is 5.91 Å². The summed E-state index contributed by atoms with van der Waals surface area (Å²) < 4.78 is 2.54. The number of carbonyl (C=O) groups is 2. The van der Waals surface area contributed by atoms with Crippen LogP contribution >= 0.6 is 15.9 Å². The fourth-order valence-corrected chi connectivity index (χ4v) is 4.26. The lowest BCUT2D eigenvalue weighted by atomic mass is 9.88. The van der Waals surface area contributed by atoms with Crippen LogP contribution < -0.4 is 10.6 Å². The van der Waals surface area contributed by atoms with E-state index >= 15 is 0 Å². The number of aromatic nitrogens is 3. The van der Waals surface area contributed by atoms with E-state index in [9.17, 15) is 9.59 Å². The van der Waals surface area contributed by atoms with Crippen molar-refractivity contribution in [3.8, 4) is 0 Å². The maximum atomic E-state index is 13.3. The van der Waals surface area contributed by atoms with Crippen LogP contribution in [0.1, 0.15) is 48.8 Å². The number of anilines is 1. The highest BCUT2D eigenvalue weighted by atomic mass is 79.9. The molecule has 1 unspecified atom stereocenters. The highest BCUT2D eigenvalue weighted by Gasteiger charge is 2.48. The Kier molecular flexibility index (Phi) is 5.72. The van der Waals surface area contributed by atoms with Crippen molar-refractivity contribution in [2.75, 3.05) is 5.32 Å². The Balaban J connectivity index is 1.56. The van der Waals surface area contributed by atoms with E-state index in [4.69, 9.17) is 0 Å². The molecule has 2 amide bonds. The zero-order valence-corrected chi connectivity index (χ0v) is 18.3. The van der Waals surface area contributed by atoms with Gasteiger partial charge >= 0.3 is 0 Å². The van der Waals surface area contributed by atoms with E-state index in [0.717, 1.165) is 35.8 Å². The van der Waals surface area contributed by atoms with Gasteiger partial charge in [-0.15, -0.1) is 0 Å². The van der Waals surface area contributed by atoms with Crippen molar-refractivity contribution in [2.24, 2.45) is 17.8 Å². The summed E-state index contributed by atoms with van der Waals surface area (Å²) in [5.41, 5.74) is 1.28. The molecule has 2 fully saturated rings. The van der Waals surface area contributed by atoms with E-state index in [1.807, 2.05) is 19.9 Å². The SMILES string of the molecule is CCn1nccc1C(=O)NC(C(=O)Nc1ccc(Br)c(C)n1)C(C1CC1)C1CC1. The molecular formula is C21H26BrN5O2. The van der Waals surface area contributed by atoms with Gasteiger partial charge in [0.05, 0.1) is 5.69 Å². The van der Waals surface area contributed by atoms with Crippen molar-refractivity contribution in [1.29, 1.82) is 0 Å². The zero-order valence-electron chi connectivity index (χ0n) is 16.7. The van der Waals surface area contributed by atoms with Gasteiger partial charge in [-0.3, -0.25) is 14.3 Å². The number of nitrogens with one attached hydrogen (secondary N) is 2. The van der Waals surface area contributed by atoms with E-state index in [1.165, 1.54) is 0 Å². The number of pyridine rings is 1. The Morgan fingerprint density at radius 3 is 2.48 bits per heavy atom. The molecule has 0 saturated heterocycles. The van der Waals surface area contributed by atoms with Gasteiger partial charge in [0.2, 0.25) is 5.91 Å². The van der Waals surface area contributed by atoms with Gasteiger partial charge in [0.1, 0.15) is 17.6 Å². The van der Waals surface area contributed by atoms with Crippen LogP contribution in [0.5, 0.6) is 0 Å². The minimum atomic E-state index is -0.576. The summed E-state index contributed by atoms with van der Waals surface area (Å²) >= 11 is 3.43. The van der Waals surface area contributed by atoms with Crippen LogP contribution in [0.3, 0.4) is 0 Å². The summed E-state index contributed by atoms with van der Waals surface area (Å²) in [4.78, 5) is 30.7. The molecule has 4 rings (SSSR count). The average molecular weight is 460 g/mol. The predicted octanol–water partition coefficient (Wildman–Crippen LogP) is 3.54. The quantitative estimate of drug-likeness (QED) is 0.631. The van der Waals surface area contributed by atoms with Crippen molar-refractivity contribution in [3.63, 3.8) is 0 Å². The van der Waals surface area contributed by atoms with E-state index in [1.54, 1.807) is 23.0 Å². The van der Waals surface area contributed by atoms with Gasteiger partial charge in [0.15, 0.2) is 0 Å². The molecule has 2 aliphatic rings. The van der Waals surface area contributed by atoms with Crippen LogP contribution in [0.4, 0.5) is 5.82 Å². The molecule has 7 nitrogen and oxygen atoms in total. The minimum absolute atomic E-state index is 0.175. The molecule has 2 aromatic rings. The maximum Gasteiger partial charge on any atom is 0.270 e. The summed E-state index contributed by atoms with van der Waals surface area (Å²) in [6.45, 7) is 4.41. The molecule has 0 aliphatic heterocycles. The number of aryl methyl sites for hydroxylation is 2. The van der Waals surface area contributed by atoms with Crippen molar-refractivity contribution in [3.05, 3.63) is 40.3 Å². The molecule has 29 heavy (non-hydrogen) atoms. The Hall–Kier alpha value is -2.22. The lowest BCUT2D eigenvalue weighted by Crippen LogP contribution is -2.50. The van der Waals surface area contributed by atoms with E-state index < -0.39 is 6.04 Å². The second-order valence-electron chi connectivity index (χ2n) is 7.99. The minimum Gasteiger partial charge on any atom is -0.339 e. The Bertz CT molecular complexity index is 908. The number of carbonyl (C=O) groups excluding carboxylic acids is 2.